The second-order valence-corrected chi connectivity index (χ2v) is 3.60. The lowest BCUT2D eigenvalue weighted by atomic mass is 9.91. The first-order valence-corrected chi connectivity index (χ1v) is 4.72. The summed E-state index contributed by atoms with van der Waals surface area (Å²) in [6.45, 7) is 3.66. The van der Waals surface area contributed by atoms with Gasteiger partial charge in [0.1, 0.15) is 0 Å². The molecule has 0 saturated heterocycles. The Bertz CT molecular complexity index is 414. The van der Waals surface area contributed by atoms with Crippen LogP contribution in [-0.2, 0) is 10.3 Å². The van der Waals surface area contributed by atoms with E-state index in [4.69, 9.17) is 4.74 Å². The highest BCUT2D eigenvalue weighted by molar-refractivity contribution is 5.95. The number of amides is 1. The Morgan fingerprint density at radius 3 is 2.67 bits per heavy atom. The van der Waals surface area contributed by atoms with Crippen molar-refractivity contribution in [2.75, 3.05) is 0 Å². The molecule has 1 atom stereocenters. The monoisotopic (exact) mass is 204 g/mol. The van der Waals surface area contributed by atoms with Crippen LogP contribution in [0.15, 0.2) is 35.4 Å². The molecule has 0 radical (unpaired) electrons. The summed E-state index contributed by atoms with van der Waals surface area (Å²) in [6, 6.07) is 9.56. The molecule has 0 aliphatic carbocycles. The zero-order valence-corrected chi connectivity index (χ0v) is 8.65. The second-order valence-electron chi connectivity index (χ2n) is 3.60. The highest BCUT2D eigenvalue weighted by atomic mass is 16.6. The van der Waals surface area contributed by atoms with E-state index in [0.29, 0.717) is 0 Å². The Hall–Kier alpha value is -1.84. The Morgan fingerprint density at radius 2 is 2.00 bits per heavy atom. The molecule has 1 aliphatic rings. The summed E-state index contributed by atoms with van der Waals surface area (Å²) < 4.78 is 5.29. The van der Waals surface area contributed by atoms with E-state index in [2.05, 4.69) is 10.5 Å². The van der Waals surface area contributed by atoms with Crippen molar-refractivity contribution in [2.45, 2.75) is 19.4 Å². The molecule has 1 aliphatic heterocycles. The first-order chi connectivity index (χ1) is 7.13. The molecule has 4 nitrogen and oxygen atoms in total. The Morgan fingerprint density at radius 1 is 1.33 bits per heavy atom. The number of rotatable bonds is 1. The van der Waals surface area contributed by atoms with Crippen LogP contribution in [0.4, 0.5) is 4.79 Å². The molecule has 1 aromatic rings. The van der Waals surface area contributed by atoms with Crippen LogP contribution in [0.3, 0.4) is 0 Å². The average Bonchev–Trinajstić information content (AvgIpc) is 2.25. The van der Waals surface area contributed by atoms with Gasteiger partial charge in [-0.15, -0.1) is 0 Å². The number of ether oxygens (including phenoxy) is 1. The molecule has 0 unspecified atom stereocenters. The Labute approximate surface area is 87.9 Å². The second kappa shape index (κ2) is 3.38. The van der Waals surface area contributed by atoms with Crippen LogP contribution < -0.4 is 5.43 Å². The van der Waals surface area contributed by atoms with E-state index in [0.717, 1.165) is 11.3 Å². The van der Waals surface area contributed by atoms with E-state index < -0.39 is 11.7 Å². The quantitative estimate of drug-likeness (QED) is 0.760. The third-order valence-corrected chi connectivity index (χ3v) is 2.63. The van der Waals surface area contributed by atoms with Crippen molar-refractivity contribution in [3.63, 3.8) is 0 Å². The number of nitrogens with zero attached hydrogens (tertiary/aromatic N) is 1. The molecule has 78 valence electrons. The Balaban J connectivity index is 2.46. The largest absolute Gasteiger partial charge is 0.431 e. The summed E-state index contributed by atoms with van der Waals surface area (Å²) >= 11 is 0. The topological polar surface area (TPSA) is 50.7 Å². The lowest BCUT2D eigenvalue weighted by Gasteiger charge is -2.32. The van der Waals surface area contributed by atoms with Gasteiger partial charge in [-0.1, -0.05) is 30.3 Å². The first kappa shape index (κ1) is 9.71. The summed E-state index contributed by atoms with van der Waals surface area (Å²) in [5, 5.41) is 3.93. The third kappa shape index (κ3) is 1.58. The van der Waals surface area contributed by atoms with Gasteiger partial charge in [-0.25, -0.2) is 10.2 Å². The number of benzene rings is 1. The van der Waals surface area contributed by atoms with Gasteiger partial charge in [-0.05, 0) is 13.8 Å². The van der Waals surface area contributed by atoms with Crippen LogP contribution in [0.2, 0.25) is 0 Å². The van der Waals surface area contributed by atoms with Crippen molar-refractivity contribution < 1.29 is 9.53 Å². The van der Waals surface area contributed by atoms with Crippen molar-refractivity contribution in [2.24, 2.45) is 5.10 Å². The van der Waals surface area contributed by atoms with Crippen molar-refractivity contribution in [3.8, 4) is 0 Å². The van der Waals surface area contributed by atoms with E-state index in [1.807, 2.05) is 44.2 Å². The van der Waals surface area contributed by atoms with Gasteiger partial charge in [0, 0.05) is 5.56 Å². The van der Waals surface area contributed by atoms with Gasteiger partial charge in [0.2, 0.25) is 0 Å². The summed E-state index contributed by atoms with van der Waals surface area (Å²) in [5.74, 6) is 0. The summed E-state index contributed by atoms with van der Waals surface area (Å²) in [5.41, 5.74) is 3.17. The number of hydrazone groups is 1. The van der Waals surface area contributed by atoms with Gasteiger partial charge < -0.3 is 4.74 Å². The standard InChI is InChI=1S/C11H12N2O2/c1-8-11(2,15-10(14)13-12-8)9-6-4-3-5-7-9/h3-7H,1-2H3,(H,13,14)/t11-/m1/s1. The smallest absolute Gasteiger partial charge is 0.429 e. The SMILES string of the molecule is CC1=NNC(=O)O[C@@]1(C)c1ccccc1. The highest BCUT2D eigenvalue weighted by Crippen LogP contribution is 2.28. The molecule has 0 saturated carbocycles. The van der Waals surface area contributed by atoms with Crippen LogP contribution in [0.25, 0.3) is 0 Å². The number of carbonyl (C=O) groups is 1. The van der Waals surface area contributed by atoms with Crippen molar-refractivity contribution in [1.82, 2.24) is 5.43 Å². The van der Waals surface area contributed by atoms with Crippen LogP contribution in [-0.4, -0.2) is 11.8 Å². The molecule has 0 spiro atoms. The molecule has 0 bridgehead atoms. The van der Waals surface area contributed by atoms with E-state index in [1.54, 1.807) is 0 Å². The maximum absolute atomic E-state index is 11.2. The van der Waals surface area contributed by atoms with Crippen LogP contribution >= 0.6 is 0 Å². The predicted molar refractivity (Wildman–Crippen MR) is 56.5 cm³/mol. The van der Waals surface area contributed by atoms with E-state index in [9.17, 15) is 4.79 Å². The van der Waals surface area contributed by atoms with Gasteiger partial charge in [0.15, 0.2) is 5.60 Å². The van der Waals surface area contributed by atoms with Gasteiger partial charge in [-0.2, -0.15) is 5.10 Å². The van der Waals surface area contributed by atoms with Gasteiger partial charge in [-0.3, -0.25) is 0 Å². The van der Waals surface area contributed by atoms with Gasteiger partial charge >= 0.3 is 6.09 Å². The van der Waals surface area contributed by atoms with Gasteiger partial charge in [0.25, 0.3) is 0 Å². The molecule has 1 N–H and O–H groups in total. The third-order valence-electron chi connectivity index (χ3n) is 2.63. The van der Waals surface area contributed by atoms with E-state index >= 15 is 0 Å². The molecule has 1 amide bonds. The number of nitrogens with one attached hydrogen (secondary N) is 1. The molecule has 4 heteroatoms. The molecule has 0 aromatic heterocycles. The van der Waals surface area contributed by atoms with E-state index in [-0.39, 0.29) is 0 Å². The fraction of sp³-hybridized carbons (Fsp3) is 0.273. The first-order valence-electron chi connectivity index (χ1n) is 4.72. The lowest BCUT2D eigenvalue weighted by Crippen LogP contribution is -2.44. The maximum atomic E-state index is 11.2. The summed E-state index contributed by atoms with van der Waals surface area (Å²) in [6.07, 6.45) is -0.521. The normalized spacial score (nSPS) is 25.2. The van der Waals surface area contributed by atoms with Crippen LogP contribution in [0.5, 0.6) is 0 Å². The minimum atomic E-state index is -0.760. The number of hydrogen-bond acceptors (Lipinski definition) is 3. The summed E-state index contributed by atoms with van der Waals surface area (Å²) in [4.78, 5) is 11.2. The van der Waals surface area contributed by atoms with Crippen LogP contribution in [0.1, 0.15) is 19.4 Å². The highest BCUT2D eigenvalue weighted by Gasteiger charge is 2.37. The number of cyclic esters (lactones) is 1. The van der Waals surface area contributed by atoms with Crippen molar-refractivity contribution >= 4 is 11.8 Å². The molecular weight excluding hydrogens is 192 g/mol. The predicted octanol–water partition coefficient (Wildman–Crippen LogP) is 2.02. The van der Waals surface area contributed by atoms with Crippen molar-refractivity contribution in [3.05, 3.63) is 35.9 Å². The lowest BCUT2D eigenvalue weighted by molar-refractivity contribution is 0.0626. The van der Waals surface area contributed by atoms with Crippen molar-refractivity contribution in [1.29, 1.82) is 0 Å². The zero-order valence-electron chi connectivity index (χ0n) is 8.65. The Kier molecular flexibility index (Phi) is 2.19. The molecule has 0 fully saturated rings. The minimum absolute atomic E-state index is 0.521. The average molecular weight is 204 g/mol. The maximum Gasteiger partial charge on any atom is 0.429 e. The number of hydrogen-bond donors (Lipinski definition) is 1. The fourth-order valence-corrected chi connectivity index (χ4v) is 1.54. The molecule has 2 rings (SSSR count). The van der Waals surface area contributed by atoms with Crippen LogP contribution in [0, 0.1) is 0 Å². The number of carbonyl (C=O) groups excluding carboxylic acids is 1. The molecule has 15 heavy (non-hydrogen) atoms. The fourth-order valence-electron chi connectivity index (χ4n) is 1.54. The molecule has 1 aromatic carbocycles. The zero-order chi connectivity index (χ0) is 10.9. The summed E-state index contributed by atoms with van der Waals surface area (Å²) in [7, 11) is 0. The van der Waals surface area contributed by atoms with Gasteiger partial charge in [0.05, 0.1) is 5.71 Å². The minimum Gasteiger partial charge on any atom is -0.431 e. The van der Waals surface area contributed by atoms with E-state index in [1.165, 1.54) is 0 Å². The molecule has 1 heterocycles. The molecular formula is C11H12N2O2.